The first kappa shape index (κ1) is 10.6. The van der Waals surface area contributed by atoms with E-state index in [0.717, 1.165) is 5.75 Å². The predicted octanol–water partition coefficient (Wildman–Crippen LogP) is 2.78. The molecule has 72 valence electrons. The zero-order chi connectivity index (χ0) is 9.84. The molecule has 0 saturated carbocycles. The first-order valence-corrected chi connectivity index (χ1v) is 5.46. The Morgan fingerprint density at radius 2 is 2.08 bits per heavy atom. The quantitative estimate of drug-likeness (QED) is 0.750. The topological polar surface area (TPSA) is 20.2 Å². The molecule has 0 saturated heterocycles. The molecule has 0 aliphatic heterocycles. The average molecular weight is 196 g/mol. The SMILES string of the molecule is Cc1ccc(SC[C@@H](C)O)c(C)c1. The van der Waals surface area contributed by atoms with Crippen LogP contribution in [0.15, 0.2) is 23.1 Å². The lowest BCUT2D eigenvalue weighted by Crippen LogP contribution is -2.02. The summed E-state index contributed by atoms with van der Waals surface area (Å²) in [5.74, 6) is 0.768. The maximum atomic E-state index is 9.14. The fraction of sp³-hybridized carbons (Fsp3) is 0.455. The molecule has 13 heavy (non-hydrogen) atoms. The first-order valence-electron chi connectivity index (χ1n) is 4.47. The number of hydrogen-bond acceptors (Lipinski definition) is 2. The molecule has 0 aliphatic rings. The molecule has 0 spiro atoms. The Labute approximate surface area is 84.2 Å². The number of aliphatic hydroxyl groups excluding tert-OH is 1. The highest BCUT2D eigenvalue weighted by Crippen LogP contribution is 2.23. The Morgan fingerprint density at radius 1 is 1.38 bits per heavy atom. The van der Waals surface area contributed by atoms with Gasteiger partial charge in [-0.05, 0) is 32.4 Å². The highest BCUT2D eigenvalue weighted by molar-refractivity contribution is 7.99. The van der Waals surface area contributed by atoms with Crippen molar-refractivity contribution in [3.8, 4) is 0 Å². The fourth-order valence-electron chi connectivity index (χ4n) is 1.17. The van der Waals surface area contributed by atoms with Crippen molar-refractivity contribution in [3.05, 3.63) is 29.3 Å². The van der Waals surface area contributed by atoms with Gasteiger partial charge in [-0.1, -0.05) is 17.7 Å². The standard InChI is InChI=1S/C11H16OS/c1-8-4-5-11(9(2)6-8)13-7-10(3)12/h4-6,10,12H,7H2,1-3H3/t10-/m1/s1. The molecule has 0 fully saturated rings. The Bertz CT molecular complexity index is 281. The van der Waals surface area contributed by atoms with Crippen molar-refractivity contribution in [2.45, 2.75) is 31.8 Å². The van der Waals surface area contributed by atoms with Crippen molar-refractivity contribution in [3.63, 3.8) is 0 Å². The van der Waals surface area contributed by atoms with Crippen molar-refractivity contribution in [1.29, 1.82) is 0 Å². The van der Waals surface area contributed by atoms with Crippen molar-refractivity contribution in [2.24, 2.45) is 0 Å². The maximum Gasteiger partial charge on any atom is 0.0606 e. The predicted molar refractivity (Wildman–Crippen MR) is 58.3 cm³/mol. The van der Waals surface area contributed by atoms with E-state index in [1.807, 2.05) is 6.92 Å². The summed E-state index contributed by atoms with van der Waals surface area (Å²) < 4.78 is 0. The van der Waals surface area contributed by atoms with Crippen LogP contribution >= 0.6 is 11.8 Å². The third-order valence-corrected chi connectivity index (χ3v) is 3.23. The Kier molecular flexibility index (Phi) is 3.82. The second-order valence-electron chi connectivity index (χ2n) is 3.43. The van der Waals surface area contributed by atoms with Gasteiger partial charge in [0.25, 0.3) is 0 Å². The van der Waals surface area contributed by atoms with Crippen molar-refractivity contribution >= 4 is 11.8 Å². The summed E-state index contributed by atoms with van der Waals surface area (Å²) in [6.07, 6.45) is -0.231. The van der Waals surface area contributed by atoms with Crippen LogP contribution < -0.4 is 0 Å². The van der Waals surface area contributed by atoms with E-state index in [1.54, 1.807) is 11.8 Å². The lowest BCUT2D eigenvalue weighted by atomic mass is 10.2. The van der Waals surface area contributed by atoms with Gasteiger partial charge >= 0.3 is 0 Å². The van der Waals surface area contributed by atoms with Crippen LogP contribution in [0, 0.1) is 13.8 Å². The Balaban J connectivity index is 2.67. The summed E-state index contributed by atoms with van der Waals surface area (Å²) in [5.41, 5.74) is 2.59. The number of benzene rings is 1. The van der Waals surface area contributed by atoms with Gasteiger partial charge in [0.15, 0.2) is 0 Å². The van der Waals surface area contributed by atoms with E-state index in [1.165, 1.54) is 16.0 Å². The van der Waals surface area contributed by atoms with Crippen LogP contribution in [0.1, 0.15) is 18.1 Å². The van der Waals surface area contributed by atoms with Gasteiger partial charge in [-0.15, -0.1) is 11.8 Å². The summed E-state index contributed by atoms with van der Waals surface area (Å²) in [5, 5.41) is 9.14. The number of aliphatic hydroxyl groups is 1. The summed E-state index contributed by atoms with van der Waals surface area (Å²) in [7, 11) is 0. The van der Waals surface area contributed by atoms with E-state index in [2.05, 4.69) is 32.0 Å². The molecule has 1 atom stereocenters. The van der Waals surface area contributed by atoms with Crippen LogP contribution in [0.4, 0.5) is 0 Å². The van der Waals surface area contributed by atoms with Crippen molar-refractivity contribution < 1.29 is 5.11 Å². The first-order chi connectivity index (χ1) is 6.09. The lowest BCUT2D eigenvalue weighted by molar-refractivity contribution is 0.220. The minimum absolute atomic E-state index is 0.231. The summed E-state index contributed by atoms with van der Waals surface area (Å²) >= 11 is 1.71. The third kappa shape index (κ3) is 3.41. The maximum absolute atomic E-state index is 9.14. The lowest BCUT2D eigenvalue weighted by Gasteiger charge is -2.07. The van der Waals surface area contributed by atoms with Crippen LogP contribution in [0.3, 0.4) is 0 Å². The molecule has 0 amide bonds. The van der Waals surface area contributed by atoms with Gasteiger partial charge in [0, 0.05) is 10.6 Å². The van der Waals surface area contributed by atoms with Gasteiger partial charge in [-0.2, -0.15) is 0 Å². The summed E-state index contributed by atoms with van der Waals surface area (Å²) in [4.78, 5) is 1.27. The second kappa shape index (κ2) is 4.68. The number of aryl methyl sites for hydroxylation is 2. The van der Waals surface area contributed by atoms with Crippen LogP contribution in [0.25, 0.3) is 0 Å². The summed E-state index contributed by atoms with van der Waals surface area (Å²) in [6, 6.07) is 6.40. The highest BCUT2D eigenvalue weighted by Gasteiger charge is 2.01. The molecule has 0 unspecified atom stereocenters. The molecular weight excluding hydrogens is 180 g/mol. The molecule has 2 heteroatoms. The molecule has 0 heterocycles. The fourth-order valence-corrected chi connectivity index (χ4v) is 2.04. The normalized spacial score (nSPS) is 12.9. The van der Waals surface area contributed by atoms with E-state index in [4.69, 9.17) is 5.11 Å². The van der Waals surface area contributed by atoms with Gasteiger partial charge in [0.2, 0.25) is 0 Å². The zero-order valence-corrected chi connectivity index (χ0v) is 9.19. The van der Waals surface area contributed by atoms with Gasteiger partial charge in [0.05, 0.1) is 6.10 Å². The minimum Gasteiger partial charge on any atom is -0.393 e. The minimum atomic E-state index is -0.231. The van der Waals surface area contributed by atoms with Gasteiger partial charge in [-0.3, -0.25) is 0 Å². The third-order valence-electron chi connectivity index (χ3n) is 1.81. The number of hydrogen-bond donors (Lipinski definition) is 1. The van der Waals surface area contributed by atoms with Crippen LogP contribution in [0.2, 0.25) is 0 Å². The van der Waals surface area contributed by atoms with Crippen LogP contribution in [-0.2, 0) is 0 Å². The molecule has 1 aromatic rings. The van der Waals surface area contributed by atoms with Crippen LogP contribution in [-0.4, -0.2) is 17.0 Å². The van der Waals surface area contributed by atoms with E-state index in [0.29, 0.717) is 0 Å². The molecule has 0 aromatic heterocycles. The van der Waals surface area contributed by atoms with Crippen LogP contribution in [0.5, 0.6) is 0 Å². The molecular formula is C11H16OS. The van der Waals surface area contributed by atoms with E-state index in [-0.39, 0.29) is 6.10 Å². The smallest absolute Gasteiger partial charge is 0.0606 e. The molecule has 1 aromatic carbocycles. The second-order valence-corrected chi connectivity index (χ2v) is 4.49. The number of thioether (sulfide) groups is 1. The van der Waals surface area contributed by atoms with Gasteiger partial charge in [0.1, 0.15) is 0 Å². The molecule has 1 rings (SSSR count). The number of rotatable bonds is 3. The molecule has 0 bridgehead atoms. The van der Waals surface area contributed by atoms with Gasteiger partial charge in [-0.25, -0.2) is 0 Å². The van der Waals surface area contributed by atoms with Gasteiger partial charge < -0.3 is 5.11 Å². The Morgan fingerprint density at radius 3 is 2.62 bits per heavy atom. The highest BCUT2D eigenvalue weighted by atomic mass is 32.2. The molecule has 0 aliphatic carbocycles. The molecule has 1 N–H and O–H groups in total. The van der Waals surface area contributed by atoms with E-state index < -0.39 is 0 Å². The van der Waals surface area contributed by atoms with E-state index >= 15 is 0 Å². The zero-order valence-electron chi connectivity index (χ0n) is 8.37. The Hall–Kier alpha value is -0.470. The van der Waals surface area contributed by atoms with E-state index in [9.17, 15) is 0 Å². The molecule has 1 nitrogen and oxygen atoms in total. The monoisotopic (exact) mass is 196 g/mol. The summed E-state index contributed by atoms with van der Waals surface area (Å²) in [6.45, 7) is 6.02. The van der Waals surface area contributed by atoms with Crippen molar-refractivity contribution in [1.82, 2.24) is 0 Å². The van der Waals surface area contributed by atoms with Crippen molar-refractivity contribution in [2.75, 3.05) is 5.75 Å². The largest absolute Gasteiger partial charge is 0.393 e. The molecule has 0 radical (unpaired) electrons. The average Bonchev–Trinajstić information content (AvgIpc) is 2.02.